The second-order valence-electron chi connectivity index (χ2n) is 7.63. The summed E-state index contributed by atoms with van der Waals surface area (Å²) in [7, 11) is 0. The van der Waals surface area contributed by atoms with Gasteiger partial charge in [0.2, 0.25) is 5.91 Å². The Labute approximate surface area is 191 Å². The van der Waals surface area contributed by atoms with Crippen molar-refractivity contribution in [2.75, 3.05) is 13.1 Å². The number of imidazole rings is 1. The van der Waals surface area contributed by atoms with Gasteiger partial charge in [0.15, 0.2) is 0 Å². The molecule has 3 aromatic rings. The number of benzene rings is 2. The van der Waals surface area contributed by atoms with Crippen molar-refractivity contribution >= 4 is 38.8 Å². The maximum absolute atomic E-state index is 13.1. The predicted octanol–water partition coefficient (Wildman–Crippen LogP) is 4.94. The second kappa shape index (κ2) is 10.6. The molecule has 0 fully saturated rings. The molecule has 1 atom stereocenters. The largest absolute Gasteiger partial charge is 0.342 e. The normalized spacial score (nSPS) is 12.0. The molecule has 0 radical (unpaired) electrons. The van der Waals surface area contributed by atoms with Crippen molar-refractivity contribution in [2.45, 2.75) is 46.2 Å². The summed E-state index contributed by atoms with van der Waals surface area (Å²) in [5.74, 6) is 0.557. The third-order valence-electron chi connectivity index (χ3n) is 5.14. The van der Waals surface area contributed by atoms with E-state index in [4.69, 9.17) is 4.98 Å². The van der Waals surface area contributed by atoms with Gasteiger partial charge in [-0.1, -0.05) is 48.0 Å². The third-order valence-corrected chi connectivity index (χ3v) is 5.63. The fraction of sp³-hybridized carbons (Fsp3) is 0.375. The minimum Gasteiger partial charge on any atom is -0.342 e. The van der Waals surface area contributed by atoms with Crippen LogP contribution in [0.15, 0.2) is 53.0 Å². The van der Waals surface area contributed by atoms with Crippen LogP contribution in [0.5, 0.6) is 0 Å². The molecule has 0 aliphatic carbocycles. The summed E-state index contributed by atoms with van der Waals surface area (Å²) in [6, 6.07) is 14.7. The van der Waals surface area contributed by atoms with Crippen LogP contribution in [0.4, 0.5) is 0 Å². The minimum absolute atomic E-state index is 0.0682. The molecule has 0 saturated carbocycles. The smallest absolute Gasteiger partial charge is 0.251 e. The molecule has 0 aliphatic heterocycles. The van der Waals surface area contributed by atoms with E-state index in [2.05, 4.69) is 35.1 Å². The lowest BCUT2D eigenvalue weighted by molar-refractivity contribution is -0.131. The number of carbonyl (C=O) groups is 2. The molecular formula is C24H29BrN4O2. The number of carbonyl (C=O) groups excluding carboxylic acids is 2. The molecule has 31 heavy (non-hydrogen) atoms. The zero-order valence-electron chi connectivity index (χ0n) is 18.3. The number of hydrogen-bond acceptors (Lipinski definition) is 3. The summed E-state index contributed by atoms with van der Waals surface area (Å²) in [5.41, 5.74) is 2.27. The number of fused-ring (bicyclic) bond motifs is 1. The number of nitrogens with zero attached hydrogens (tertiary/aromatic N) is 3. The van der Waals surface area contributed by atoms with Crippen LogP contribution in [0.2, 0.25) is 0 Å². The first-order valence-electron chi connectivity index (χ1n) is 10.7. The van der Waals surface area contributed by atoms with E-state index in [1.165, 1.54) is 0 Å². The number of halogens is 1. The highest BCUT2D eigenvalue weighted by atomic mass is 79.9. The van der Waals surface area contributed by atoms with E-state index >= 15 is 0 Å². The van der Waals surface area contributed by atoms with Crippen LogP contribution < -0.4 is 5.32 Å². The zero-order chi connectivity index (χ0) is 22.4. The average molecular weight is 485 g/mol. The molecule has 2 amide bonds. The number of nitrogens with one attached hydrogen (secondary N) is 1. The van der Waals surface area contributed by atoms with Crippen LogP contribution in [0.1, 0.15) is 55.8 Å². The summed E-state index contributed by atoms with van der Waals surface area (Å²) < 4.78 is 2.78. The van der Waals surface area contributed by atoms with Crippen LogP contribution >= 0.6 is 15.9 Å². The average Bonchev–Trinajstić information content (AvgIpc) is 3.12. The molecule has 6 nitrogen and oxygen atoms in total. The van der Waals surface area contributed by atoms with E-state index in [0.29, 0.717) is 11.4 Å². The summed E-state index contributed by atoms with van der Waals surface area (Å²) in [5, 5.41) is 3.03. The van der Waals surface area contributed by atoms with Gasteiger partial charge < -0.3 is 14.8 Å². The van der Waals surface area contributed by atoms with Crippen molar-refractivity contribution < 1.29 is 9.59 Å². The lowest BCUT2D eigenvalue weighted by atomic mass is 10.2. The summed E-state index contributed by atoms with van der Waals surface area (Å²) in [4.78, 5) is 32.5. The first-order valence-corrected chi connectivity index (χ1v) is 11.5. The van der Waals surface area contributed by atoms with Crippen LogP contribution in [-0.4, -0.2) is 39.4 Å². The van der Waals surface area contributed by atoms with Crippen molar-refractivity contribution in [1.82, 2.24) is 19.8 Å². The topological polar surface area (TPSA) is 67.2 Å². The zero-order valence-corrected chi connectivity index (χ0v) is 19.9. The fourth-order valence-corrected chi connectivity index (χ4v) is 4.10. The molecule has 0 spiro atoms. The number of amides is 2. The van der Waals surface area contributed by atoms with Crippen LogP contribution in [0.3, 0.4) is 0 Å². The highest BCUT2D eigenvalue weighted by Crippen LogP contribution is 2.22. The monoisotopic (exact) mass is 484 g/mol. The first-order chi connectivity index (χ1) is 14.9. The lowest BCUT2D eigenvalue weighted by Gasteiger charge is -2.23. The van der Waals surface area contributed by atoms with E-state index in [1.807, 2.05) is 52.8 Å². The van der Waals surface area contributed by atoms with Gasteiger partial charge in [0.25, 0.3) is 5.91 Å². The van der Waals surface area contributed by atoms with E-state index in [1.54, 1.807) is 12.1 Å². The lowest BCUT2D eigenvalue weighted by Crippen LogP contribution is -2.36. The molecule has 1 unspecified atom stereocenters. The highest BCUT2D eigenvalue weighted by Gasteiger charge is 2.22. The standard InChI is InChI=1S/C24H29BrN4O2/c1-4-13-28(14-5-2)22(30)16-29-21-12-7-6-11-20(21)27-23(29)17(3)26-24(31)18-9-8-10-19(25)15-18/h6-12,15,17H,4-5,13-14,16H2,1-3H3,(H,26,31). The fourth-order valence-electron chi connectivity index (χ4n) is 3.70. The minimum atomic E-state index is -0.363. The SMILES string of the molecule is CCCN(CCC)C(=O)Cn1c(C(C)NC(=O)c2cccc(Br)c2)nc2ccccc21. The number of hydrogen-bond donors (Lipinski definition) is 1. The van der Waals surface area contributed by atoms with Gasteiger partial charge in [-0.3, -0.25) is 9.59 Å². The second-order valence-corrected chi connectivity index (χ2v) is 8.55. The molecule has 2 aromatic carbocycles. The number of aromatic nitrogens is 2. The highest BCUT2D eigenvalue weighted by molar-refractivity contribution is 9.10. The summed E-state index contributed by atoms with van der Waals surface area (Å²) in [6.07, 6.45) is 1.84. The van der Waals surface area contributed by atoms with E-state index in [-0.39, 0.29) is 24.4 Å². The Bertz CT molecular complexity index is 1060. The van der Waals surface area contributed by atoms with Gasteiger partial charge in [-0.25, -0.2) is 4.98 Å². The molecule has 3 rings (SSSR count). The Morgan fingerprint density at radius 1 is 1.10 bits per heavy atom. The first kappa shape index (κ1) is 23.0. The molecule has 0 aliphatic rings. The quantitative estimate of drug-likeness (QED) is 0.467. The van der Waals surface area contributed by atoms with Gasteiger partial charge in [-0.05, 0) is 50.1 Å². The summed E-state index contributed by atoms with van der Waals surface area (Å²) in [6.45, 7) is 7.73. The molecule has 1 aromatic heterocycles. The van der Waals surface area contributed by atoms with Gasteiger partial charge in [0.1, 0.15) is 12.4 Å². The van der Waals surface area contributed by atoms with Crippen molar-refractivity contribution in [3.63, 3.8) is 0 Å². The predicted molar refractivity (Wildman–Crippen MR) is 127 cm³/mol. The molecule has 1 N–H and O–H groups in total. The molecule has 164 valence electrons. The molecule has 7 heteroatoms. The van der Waals surface area contributed by atoms with E-state index < -0.39 is 0 Å². The van der Waals surface area contributed by atoms with Gasteiger partial charge in [-0.15, -0.1) is 0 Å². The van der Waals surface area contributed by atoms with Crippen molar-refractivity contribution in [1.29, 1.82) is 0 Å². The van der Waals surface area contributed by atoms with Crippen molar-refractivity contribution in [3.8, 4) is 0 Å². The summed E-state index contributed by atoms with van der Waals surface area (Å²) >= 11 is 3.40. The van der Waals surface area contributed by atoms with Crippen LogP contribution in [-0.2, 0) is 11.3 Å². The molecule has 1 heterocycles. The van der Waals surface area contributed by atoms with E-state index in [0.717, 1.165) is 41.4 Å². The maximum Gasteiger partial charge on any atom is 0.251 e. The Hall–Kier alpha value is -2.67. The Morgan fingerprint density at radius 2 is 1.81 bits per heavy atom. The number of rotatable bonds is 9. The Balaban J connectivity index is 1.89. The van der Waals surface area contributed by atoms with Crippen LogP contribution in [0.25, 0.3) is 11.0 Å². The van der Waals surface area contributed by atoms with Gasteiger partial charge in [0.05, 0.1) is 17.1 Å². The molecule has 0 saturated heterocycles. The van der Waals surface area contributed by atoms with Gasteiger partial charge in [0, 0.05) is 23.1 Å². The van der Waals surface area contributed by atoms with Crippen molar-refractivity contribution in [3.05, 3.63) is 64.4 Å². The third kappa shape index (κ3) is 5.53. The maximum atomic E-state index is 13.1. The van der Waals surface area contributed by atoms with Gasteiger partial charge >= 0.3 is 0 Å². The van der Waals surface area contributed by atoms with E-state index in [9.17, 15) is 9.59 Å². The Kier molecular flexibility index (Phi) is 7.85. The molecular weight excluding hydrogens is 456 g/mol. The Morgan fingerprint density at radius 3 is 2.48 bits per heavy atom. The number of para-hydroxylation sites is 2. The van der Waals surface area contributed by atoms with Crippen molar-refractivity contribution in [2.24, 2.45) is 0 Å². The molecule has 0 bridgehead atoms. The van der Waals surface area contributed by atoms with Gasteiger partial charge in [-0.2, -0.15) is 0 Å². The van der Waals surface area contributed by atoms with Crippen LogP contribution in [0, 0.1) is 0 Å².